The quantitative estimate of drug-likeness (QED) is 0.829. The lowest BCUT2D eigenvalue weighted by Gasteiger charge is -2.43. The van der Waals surface area contributed by atoms with Gasteiger partial charge < -0.3 is 5.73 Å². The molecule has 0 bridgehead atoms. The van der Waals surface area contributed by atoms with Crippen LogP contribution in [0, 0.1) is 5.92 Å². The molecular weight excluding hydrogens is 220 g/mol. The standard InChI is InChI=1S/C16H32N2/c1-3-13-5-9-15(10-6-13)18(4-2)16-11-7-14(17)8-12-16/h13-16H,3-12,17H2,1-2H3. The van der Waals surface area contributed by atoms with E-state index in [1.54, 1.807) is 0 Å². The summed E-state index contributed by atoms with van der Waals surface area (Å²) in [5, 5.41) is 0. The Kier molecular flexibility index (Phi) is 5.50. The van der Waals surface area contributed by atoms with E-state index in [2.05, 4.69) is 18.7 Å². The third-order valence-corrected chi connectivity index (χ3v) is 5.44. The molecule has 0 amide bonds. The largest absolute Gasteiger partial charge is 0.328 e. The SMILES string of the molecule is CCC1CCC(N(CC)C2CCC(N)CC2)CC1. The van der Waals surface area contributed by atoms with Crippen LogP contribution in [0.25, 0.3) is 0 Å². The molecule has 2 N–H and O–H groups in total. The summed E-state index contributed by atoms with van der Waals surface area (Å²) in [6.45, 7) is 5.94. The van der Waals surface area contributed by atoms with Gasteiger partial charge in [-0.1, -0.05) is 20.3 Å². The van der Waals surface area contributed by atoms with E-state index in [9.17, 15) is 0 Å². The maximum Gasteiger partial charge on any atom is 0.00992 e. The Morgan fingerprint density at radius 3 is 1.78 bits per heavy atom. The van der Waals surface area contributed by atoms with Crippen LogP contribution in [0.1, 0.15) is 71.6 Å². The second kappa shape index (κ2) is 6.91. The summed E-state index contributed by atoms with van der Waals surface area (Å²) in [7, 11) is 0. The zero-order valence-electron chi connectivity index (χ0n) is 12.4. The topological polar surface area (TPSA) is 29.3 Å². The molecule has 0 heterocycles. The van der Waals surface area contributed by atoms with Gasteiger partial charge in [0.1, 0.15) is 0 Å². The van der Waals surface area contributed by atoms with Gasteiger partial charge in [0.05, 0.1) is 0 Å². The van der Waals surface area contributed by atoms with Gasteiger partial charge in [0.15, 0.2) is 0 Å². The van der Waals surface area contributed by atoms with Crippen molar-refractivity contribution in [1.29, 1.82) is 0 Å². The molecule has 106 valence electrons. The molecule has 18 heavy (non-hydrogen) atoms. The first-order valence-corrected chi connectivity index (χ1v) is 8.25. The molecule has 2 aliphatic rings. The zero-order valence-corrected chi connectivity index (χ0v) is 12.4. The van der Waals surface area contributed by atoms with Crippen molar-refractivity contribution in [3.63, 3.8) is 0 Å². The minimum atomic E-state index is 0.482. The average molecular weight is 252 g/mol. The highest BCUT2D eigenvalue weighted by Crippen LogP contribution is 2.33. The number of rotatable bonds is 4. The first-order chi connectivity index (χ1) is 8.74. The first-order valence-electron chi connectivity index (χ1n) is 8.25. The van der Waals surface area contributed by atoms with E-state index in [1.165, 1.54) is 64.3 Å². The zero-order chi connectivity index (χ0) is 13.0. The molecule has 0 aliphatic heterocycles. The van der Waals surface area contributed by atoms with Crippen LogP contribution in [0.5, 0.6) is 0 Å². The maximum absolute atomic E-state index is 6.03. The molecule has 2 rings (SSSR count). The van der Waals surface area contributed by atoms with Gasteiger partial charge in [0, 0.05) is 18.1 Å². The molecule has 2 aliphatic carbocycles. The molecule has 0 saturated heterocycles. The van der Waals surface area contributed by atoms with Crippen molar-refractivity contribution >= 4 is 0 Å². The van der Waals surface area contributed by atoms with Gasteiger partial charge in [-0.15, -0.1) is 0 Å². The molecule has 2 heteroatoms. The van der Waals surface area contributed by atoms with Gasteiger partial charge in [-0.3, -0.25) is 4.90 Å². The smallest absolute Gasteiger partial charge is 0.00992 e. The minimum absolute atomic E-state index is 0.482. The predicted octanol–water partition coefficient (Wildman–Crippen LogP) is 3.55. The number of nitrogens with zero attached hydrogens (tertiary/aromatic N) is 1. The fraction of sp³-hybridized carbons (Fsp3) is 1.00. The summed E-state index contributed by atoms with van der Waals surface area (Å²) in [6, 6.07) is 2.19. The van der Waals surface area contributed by atoms with Gasteiger partial charge >= 0.3 is 0 Å². The van der Waals surface area contributed by atoms with E-state index in [0.29, 0.717) is 6.04 Å². The molecule has 0 aromatic rings. The lowest BCUT2D eigenvalue weighted by atomic mass is 9.82. The Balaban J connectivity index is 1.85. The van der Waals surface area contributed by atoms with Crippen molar-refractivity contribution in [1.82, 2.24) is 4.90 Å². The molecule has 0 spiro atoms. The Morgan fingerprint density at radius 1 is 0.833 bits per heavy atom. The van der Waals surface area contributed by atoms with E-state index in [1.807, 2.05) is 0 Å². The summed E-state index contributed by atoms with van der Waals surface area (Å²) in [5.41, 5.74) is 6.03. The molecule has 0 aromatic heterocycles. The summed E-state index contributed by atoms with van der Waals surface area (Å²) in [5.74, 6) is 1.01. The van der Waals surface area contributed by atoms with Crippen molar-refractivity contribution in [2.24, 2.45) is 11.7 Å². The van der Waals surface area contributed by atoms with Crippen molar-refractivity contribution in [3.05, 3.63) is 0 Å². The van der Waals surface area contributed by atoms with E-state index in [0.717, 1.165) is 18.0 Å². The molecule has 0 atom stereocenters. The fourth-order valence-corrected chi connectivity index (χ4v) is 4.13. The van der Waals surface area contributed by atoms with E-state index >= 15 is 0 Å². The number of hydrogen-bond acceptors (Lipinski definition) is 2. The van der Waals surface area contributed by atoms with Crippen molar-refractivity contribution in [3.8, 4) is 0 Å². The van der Waals surface area contributed by atoms with Crippen LogP contribution in [0.2, 0.25) is 0 Å². The summed E-state index contributed by atoms with van der Waals surface area (Å²) in [4.78, 5) is 2.82. The van der Waals surface area contributed by atoms with Gasteiger partial charge in [-0.25, -0.2) is 0 Å². The van der Waals surface area contributed by atoms with Gasteiger partial charge in [0.2, 0.25) is 0 Å². The Bertz CT molecular complexity index is 225. The van der Waals surface area contributed by atoms with Crippen LogP contribution in [-0.4, -0.2) is 29.6 Å². The third-order valence-electron chi connectivity index (χ3n) is 5.44. The lowest BCUT2D eigenvalue weighted by molar-refractivity contribution is 0.0725. The van der Waals surface area contributed by atoms with E-state index in [-0.39, 0.29) is 0 Å². The maximum atomic E-state index is 6.03. The van der Waals surface area contributed by atoms with Gasteiger partial charge in [-0.05, 0) is 63.8 Å². The van der Waals surface area contributed by atoms with Crippen LogP contribution >= 0.6 is 0 Å². The predicted molar refractivity (Wildman–Crippen MR) is 78.6 cm³/mol. The monoisotopic (exact) mass is 252 g/mol. The molecule has 2 saturated carbocycles. The summed E-state index contributed by atoms with van der Waals surface area (Å²) >= 11 is 0. The van der Waals surface area contributed by atoms with Crippen LogP contribution in [-0.2, 0) is 0 Å². The van der Waals surface area contributed by atoms with Crippen LogP contribution in [0.4, 0.5) is 0 Å². The fourth-order valence-electron chi connectivity index (χ4n) is 4.13. The highest BCUT2D eigenvalue weighted by atomic mass is 15.2. The summed E-state index contributed by atoms with van der Waals surface area (Å²) in [6.07, 6.45) is 12.3. The molecule has 0 radical (unpaired) electrons. The average Bonchev–Trinajstić information content (AvgIpc) is 2.42. The second-order valence-electron chi connectivity index (χ2n) is 6.48. The third kappa shape index (κ3) is 3.48. The highest BCUT2D eigenvalue weighted by molar-refractivity contribution is 4.86. The second-order valence-corrected chi connectivity index (χ2v) is 6.48. The first kappa shape index (κ1) is 14.3. The Hall–Kier alpha value is -0.0800. The molecule has 0 unspecified atom stereocenters. The number of hydrogen-bond donors (Lipinski definition) is 1. The molecule has 2 fully saturated rings. The number of nitrogens with two attached hydrogens (primary N) is 1. The highest BCUT2D eigenvalue weighted by Gasteiger charge is 2.30. The van der Waals surface area contributed by atoms with E-state index in [4.69, 9.17) is 5.73 Å². The van der Waals surface area contributed by atoms with Crippen LogP contribution < -0.4 is 5.73 Å². The summed E-state index contributed by atoms with van der Waals surface area (Å²) < 4.78 is 0. The molecule has 2 nitrogen and oxygen atoms in total. The Morgan fingerprint density at radius 2 is 1.33 bits per heavy atom. The minimum Gasteiger partial charge on any atom is -0.328 e. The van der Waals surface area contributed by atoms with Crippen molar-refractivity contribution in [2.45, 2.75) is 89.8 Å². The van der Waals surface area contributed by atoms with Crippen molar-refractivity contribution < 1.29 is 0 Å². The Labute approximate surface area is 113 Å². The van der Waals surface area contributed by atoms with Crippen LogP contribution in [0.15, 0.2) is 0 Å². The van der Waals surface area contributed by atoms with Gasteiger partial charge in [-0.2, -0.15) is 0 Å². The normalized spacial score (nSPS) is 38.0. The molecular formula is C16H32N2. The van der Waals surface area contributed by atoms with Gasteiger partial charge in [0.25, 0.3) is 0 Å². The van der Waals surface area contributed by atoms with Crippen molar-refractivity contribution in [2.75, 3.05) is 6.54 Å². The lowest BCUT2D eigenvalue weighted by Crippen LogP contribution is -2.47. The molecule has 0 aromatic carbocycles. The van der Waals surface area contributed by atoms with Crippen LogP contribution in [0.3, 0.4) is 0 Å². The van der Waals surface area contributed by atoms with E-state index < -0.39 is 0 Å².